The molecule has 0 radical (unpaired) electrons. The zero-order valence-electron chi connectivity index (χ0n) is 10.2. The van der Waals surface area contributed by atoms with Crippen LogP contribution in [-0.4, -0.2) is 28.9 Å². The van der Waals surface area contributed by atoms with Crippen LogP contribution in [0.25, 0.3) is 0 Å². The van der Waals surface area contributed by atoms with Gasteiger partial charge in [0.2, 0.25) is 0 Å². The minimum Gasteiger partial charge on any atom is -0.364 e. The van der Waals surface area contributed by atoms with E-state index in [1.54, 1.807) is 6.92 Å². The molecule has 1 aromatic rings. The Morgan fingerprint density at radius 2 is 2.29 bits per heavy atom. The first-order valence-electron chi connectivity index (χ1n) is 5.70. The molecule has 0 saturated heterocycles. The zero-order valence-corrected chi connectivity index (χ0v) is 11.0. The summed E-state index contributed by atoms with van der Waals surface area (Å²) >= 11 is 1.84. The highest BCUT2D eigenvalue weighted by Gasteiger charge is 2.08. The Bertz CT molecular complexity index is 429. The molecule has 0 spiro atoms. The van der Waals surface area contributed by atoms with Gasteiger partial charge in [0.15, 0.2) is 5.43 Å². The van der Waals surface area contributed by atoms with Crippen molar-refractivity contribution in [2.24, 2.45) is 0 Å². The number of carbonyl (C=O) groups is 1. The van der Waals surface area contributed by atoms with Gasteiger partial charge in [0.1, 0.15) is 5.56 Å². The van der Waals surface area contributed by atoms with Crippen molar-refractivity contribution < 1.29 is 4.79 Å². The number of aromatic nitrogens is 1. The van der Waals surface area contributed by atoms with Crippen molar-refractivity contribution in [1.29, 1.82) is 0 Å². The summed E-state index contributed by atoms with van der Waals surface area (Å²) in [4.78, 5) is 26.1. The van der Waals surface area contributed by atoms with Crippen molar-refractivity contribution in [3.05, 3.63) is 33.7 Å². The predicted octanol–water partition coefficient (Wildman–Crippen LogP) is 1.56. The highest BCUT2D eigenvalue weighted by Crippen LogP contribution is 1.99. The number of aromatic amines is 1. The van der Waals surface area contributed by atoms with Crippen molar-refractivity contribution in [2.75, 3.05) is 18.1 Å². The third-order valence-electron chi connectivity index (χ3n) is 2.26. The van der Waals surface area contributed by atoms with Gasteiger partial charge in [-0.15, -0.1) is 0 Å². The molecule has 0 atom stereocenters. The lowest BCUT2D eigenvalue weighted by Gasteiger charge is -2.04. The average molecular weight is 254 g/mol. The van der Waals surface area contributed by atoms with Crippen LogP contribution in [0.15, 0.2) is 17.1 Å². The Labute approximate surface area is 105 Å². The highest BCUT2D eigenvalue weighted by molar-refractivity contribution is 7.99. The van der Waals surface area contributed by atoms with Crippen LogP contribution in [0.1, 0.15) is 29.4 Å². The maximum Gasteiger partial charge on any atom is 0.256 e. The van der Waals surface area contributed by atoms with E-state index in [2.05, 4.69) is 17.2 Å². The fraction of sp³-hybridized carbons (Fsp3) is 0.500. The number of hydrogen-bond acceptors (Lipinski definition) is 3. The molecule has 0 fully saturated rings. The summed E-state index contributed by atoms with van der Waals surface area (Å²) in [7, 11) is 0. The minimum atomic E-state index is -0.298. The SMILES string of the molecule is CCSCCCNC(=O)c1c[nH]c(C)cc1=O. The molecule has 94 valence electrons. The molecule has 0 aromatic carbocycles. The quantitative estimate of drug-likeness (QED) is 0.757. The smallest absolute Gasteiger partial charge is 0.256 e. The fourth-order valence-electron chi connectivity index (χ4n) is 1.37. The van der Waals surface area contributed by atoms with Gasteiger partial charge in [-0.25, -0.2) is 0 Å². The summed E-state index contributed by atoms with van der Waals surface area (Å²) in [5.74, 6) is 1.82. The number of rotatable bonds is 6. The molecule has 17 heavy (non-hydrogen) atoms. The lowest BCUT2D eigenvalue weighted by molar-refractivity contribution is 0.0952. The van der Waals surface area contributed by atoms with Crippen molar-refractivity contribution >= 4 is 17.7 Å². The second-order valence-corrected chi connectivity index (χ2v) is 5.09. The van der Waals surface area contributed by atoms with Gasteiger partial charge in [-0.3, -0.25) is 9.59 Å². The summed E-state index contributed by atoms with van der Waals surface area (Å²) in [6, 6.07) is 1.43. The number of pyridine rings is 1. The van der Waals surface area contributed by atoms with Crippen molar-refractivity contribution in [3.8, 4) is 0 Å². The van der Waals surface area contributed by atoms with Gasteiger partial charge in [-0.1, -0.05) is 6.92 Å². The van der Waals surface area contributed by atoms with Crippen LogP contribution in [0.3, 0.4) is 0 Å². The zero-order chi connectivity index (χ0) is 12.7. The first kappa shape index (κ1) is 13.8. The van der Waals surface area contributed by atoms with E-state index in [1.165, 1.54) is 12.3 Å². The van der Waals surface area contributed by atoms with Gasteiger partial charge in [0.25, 0.3) is 5.91 Å². The molecule has 0 bridgehead atoms. The normalized spacial score (nSPS) is 10.2. The summed E-state index contributed by atoms with van der Waals surface area (Å²) < 4.78 is 0. The maximum atomic E-state index is 11.7. The summed E-state index contributed by atoms with van der Waals surface area (Å²) in [6.45, 7) is 4.50. The molecule has 0 unspecified atom stereocenters. The number of H-pyrrole nitrogens is 1. The Morgan fingerprint density at radius 1 is 1.53 bits per heavy atom. The molecule has 1 aromatic heterocycles. The molecular weight excluding hydrogens is 236 g/mol. The van der Waals surface area contributed by atoms with Crippen molar-refractivity contribution in [3.63, 3.8) is 0 Å². The lowest BCUT2D eigenvalue weighted by atomic mass is 10.2. The van der Waals surface area contributed by atoms with Crippen LogP contribution < -0.4 is 10.7 Å². The van der Waals surface area contributed by atoms with Gasteiger partial charge in [-0.05, 0) is 24.9 Å². The molecule has 0 aliphatic carbocycles. The van der Waals surface area contributed by atoms with Gasteiger partial charge in [-0.2, -0.15) is 11.8 Å². The minimum absolute atomic E-state index is 0.179. The third-order valence-corrected chi connectivity index (χ3v) is 3.24. The molecule has 4 nitrogen and oxygen atoms in total. The van der Waals surface area contributed by atoms with Crippen LogP contribution in [0, 0.1) is 6.92 Å². The van der Waals surface area contributed by atoms with E-state index < -0.39 is 0 Å². The van der Waals surface area contributed by atoms with Gasteiger partial charge < -0.3 is 10.3 Å². The number of thioether (sulfide) groups is 1. The molecular formula is C12H18N2O2S. The molecule has 5 heteroatoms. The van der Waals surface area contributed by atoms with E-state index in [1.807, 2.05) is 11.8 Å². The molecule has 1 amide bonds. The molecule has 1 rings (SSSR count). The summed E-state index contributed by atoms with van der Waals surface area (Å²) in [6.07, 6.45) is 2.39. The lowest BCUT2D eigenvalue weighted by Crippen LogP contribution is -2.29. The first-order chi connectivity index (χ1) is 8.15. The number of nitrogens with one attached hydrogen (secondary N) is 2. The molecule has 0 saturated carbocycles. The van der Waals surface area contributed by atoms with E-state index in [-0.39, 0.29) is 16.9 Å². The van der Waals surface area contributed by atoms with Crippen molar-refractivity contribution in [1.82, 2.24) is 10.3 Å². The summed E-state index contributed by atoms with van der Waals surface area (Å²) in [5.41, 5.74) is 0.700. The molecule has 0 aliphatic heterocycles. The van der Waals surface area contributed by atoms with Crippen molar-refractivity contribution in [2.45, 2.75) is 20.3 Å². The van der Waals surface area contributed by atoms with E-state index in [4.69, 9.17) is 0 Å². The van der Waals surface area contributed by atoms with Crippen LogP contribution in [0.4, 0.5) is 0 Å². The van der Waals surface area contributed by atoms with Gasteiger partial charge in [0, 0.05) is 24.5 Å². The number of amides is 1. The molecule has 2 N–H and O–H groups in total. The first-order valence-corrected chi connectivity index (χ1v) is 6.86. The second kappa shape index (κ2) is 7.17. The van der Waals surface area contributed by atoms with E-state index in [0.717, 1.165) is 23.6 Å². The molecule has 0 aliphatic rings. The van der Waals surface area contributed by atoms with Crippen LogP contribution in [0.2, 0.25) is 0 Å². The van der Waals surface area contributed by atoms with Crippen LogP contribution in [0.5, 0.6) is 0 Å². The number of aryl methyl sites for hydroxylation is 1. The standard InChI is InChI=1S/C12H18N2O2S/c1-3-17-6-4-5-13-12(16)10-8-14-9(2)7-11(10)15/h7-8H,3-6H2,1-2H3,(H,13,16)(H,14,15). The Morgan fingerprint density at radius 3 is 2.94 bits per heavy atom. The Balaban J connectivity index is 2.45. The Hall–Kier alpha value is -1.23. The highest BCUT2D eigenvalue weighted by atomic mass is 32.2. The maximum absolute atomic E-state index is 11.7. The second-order valence-electron chi connectivity index (χ2n) is 3.70. The van der Waals surface area contributed by atoms with E-state index in [9.17, 15) is 9.59 Å². The third kappa shape index (κ3) is 4.65. The summed E-state index contributed by atoms with van der Waals surface area (Å²) in [5, 5.41) is 2.75. The number of carbonyl (C=O) groups excluding carboxylic acids is 1. The average Bonchev–Trinajstić information content (AvgIpc) is 2.28. The van der Waals surface area contributed by atoms with Gasteiger partial charge in [0.05, 0.1) is 0 Å². The van der Waals surface area contributed by atoms with Crippen LogP contribution in [-0.2, 0) is 0 Å². The predicted molar refractivity (Wildman–Crippen MR) is 71.7 cm³/mol. The molecule has 1 heterocycles. The van der Waals surface area contributed by atoms with E-state index in [0.29, 0.717) is 6.54 Å². The Kier molecular flexibility index (Phi) is 5.83. The van der Waals surface area contributed by atoms with E-state index >= 15 is 0 Å². The fourth-order valence-corrected chi connectivity index (χ4v) is 2.00. The topological polar surface area (TPSA) is 62.0 Å². The largest absolute Gasteiger partial charge is 0.364 e. The monoisotopic (exact) mass is 254 g/mol. The van der Waals surface area contributed by atoms with Gasteiger partial charge >= 0.3 is 0 Å². The number of hydrogen-bond donors (Lipinski definition) is 2. The van der Waals surface area contributed by atoms with Crippen LogP contribution >= 0.6 is 11.8 Å².